The number of aromatic amines is 1. The van der Waals surface area contributed by atoms with E-state index in [2.05, 4.69) is 15.0 Å². The Kier molecular flexibility index (Phi) is 16.1. The van der Waals surface area contributed by atoms with E-state index in [1.165, 1.54) is 0 Å². The number of aliphatic hydroxyl groups is 9. The maximum Gasteiger partial charge on any atom is 0.197 e. The van der Waals surface area contributed by atoms with Gasteiger partial charge < -0.3 is 69.9 Å². The van der Waals surface area contributed by atoms with E-state index in [0.29, 0.717) is 24.1 Å². The summed E-state index contributed by atoms with van der Waals surface area (Å²) in [7, 11) is 0.371. The van der Waals surface area contributed by atoms with Crippen molar-refractivity contribution in [2.75, 3.05) is 40.1 Å². The minimum atomic E-state index is -1.85. The Morgan fingerprint density at radius 2 is 1.69 bits per heavy atom. The first-order valence-electron chi connectivity index (χ1n) is 15.1. The van der Waals surface area contributed by atoms with Crippen LogP contribution in [-0.2, 0) is 30.8 Å². The predicted octanol–water partition coefficient (Wildman–Crippen LogP) is -2.77. The van der Waals surface area contributed by atoms with Crippen LogP contribution in [0.25, 0.3) is 11.0 Å². The van der Waals surface area contributed by atoms with E-state index in [1.807, 2.05) is 37.3 Å². The summed E-state index contributed by atoms with van der Waals surface area (Å²) < 4.78 is 33.6. The Labute approximate surface area is 278 Å². The standard InChI is InChI=1S/C18H21N3O3S.C12H24O11/c1-13-16(19-9-8-17(13)24-11-5-10-23-2)12-25(22)18-20-14-6-3-4-7-15(14)21-18;13-1-4(16)7(18)11(5(17)2-14)23-12-10(21)9(20)8(19)6(3-15)22-12/h3-4,6-9H,5,10-12H2,1-2H3,(H,20,21);4-21H,1-3H2/t;4-,5+,6+,7+,8-,9-,10+,11+,12-/m.0/s1. The molecule has 1 aromatic carbocycles. The first-order valence-corrected chi connectivity index (χ1v) is 16.4. The third-order valence-electron chi connectivity index (χ3n) is 7.48. The Hall–Kier alpha value is -2.69. The van der Waals surface area contributed by atoms with Crippen molar-refractivity contribution in [2.45, 2.75) is 79.4 Å². The molecule has 1 unspecified atom stereocenters. The van der Waals surface area contributed by atoms with E-state index in [1.54, 1.807) is 13.3 Å². The molecule has 10 atom stereocenters. The number of nitrogens with one attached hydrogen (secondary N) is 1. The zero-order valence-electron chi connectivity index (χ0n) is 26.5. The van der Waals surface area contributed by atoms with Crippen molar-refractivity contribution < 1.29 is 69.1 Å². The van der Waals surface area contributed by atoms with E-state index in [4.69, 9.17) is 34.3 Å². The third kappa shape index (κ3) is 10.4. The third-order valence-corrected chi connectivity index (χ3v) is 8.64. The highest BCUT2D eigenvalue weighted by Gasteiger charge is 2.46. The molecule has 3 heterocycles. The smallest absolute Gasteiger partial charge is 0.197 e. The van der Waals surface area contributed by atoms with Gasteiger partial charge in [-0.25, -0.2) is 4.98 Å². The molecule has 1 aliphatic heterocycles. The van der Waals surface area contributed by atoms with Gasteiger partial charge in [0.25, 0.3) is 0 Å². The molecule has 1 fully saturated rings. The molecule has 3 aromatic rings. The molecule has 1 saturated heterocycles. The highest BCUT2D eigenvalue weighted by Crippen LogP contribution is 2.25. The lowest BCUT2D eigenvalue weighted by atomic mass is 9.98. The van der Waals surface area contributed by atoms with Crippen molar-refractivity contribution in [3.63, 3.8) is 0 Å². The molecular weight excluding hydrogens is 658 g/mol. The van der Waals surface area contributed by atoms with Gasteiger partial charge in [0.2, 0.25) is 0 Å². The van der Waals surface area contributed by atoms with Gasteiger partial charge in [-0.05, 0) is 25.1 Å². The largest absolute Gasteiger partial charge is 0.493 e. The second kappa shape index (κ2) is 19.5. The lowest BCUT2D eigenvalue weighted by Crippen LogP contribution is -2.61. The van der Waals surface area contributed by atoms with Crippen molar-refractivity contribution in [3.8, 4) is 5.75 Å². The molecule has 0 aliphatic carbocycles. The average Bonchev–Trinajstić information content (AvgIpc) is 3.54. The summed E-state index contributed by atoms with van der Waals surface area (Å²) in [6.07, 6.45) is -12.6. The van der Waals surface area contributed by atoms with Crippen LogP contribution in [0.1, 0.15) is 17.7 Å². The number of aliphatic hydroxyl groups excluding tert-OH is 9. The molecule has 18 heteroatoms. The molecule has 2 aromatic heterocycles. The number of H-pyrrole nitrogens is 1. The number of rotatable bonds is 16. The maximum atomic E-state index is 12.7. The fourth-order valence-electron chi connectivity index (χ4n) is 4.64. The van der Waals surface area contributed by atoms with Gasteiger partial charge in [-0.3, -0.25) is 9.19 Å². The molecule has 1 aliphatic rings. The van der Waals surface area contributed by atoms with Crippen LogP contribution >= 0.6 is 0 Å². The topological polar surface area (TPSA) is 278 Å². The predicted molar refractivity (Wildman–Crippen MR) is 168 cm³/mol. The van der Waals surface area contributed by atoms with Gasteiger partial charge in [-0.15, -0.1) is 0 Å². The van der Waals surface area contributed by atoms with Gasteiger partial charge >= 0.3 is 0 Å². The van der Waals surface area contributed by atoms with Crippen LogP contribution in [-0.4, -0.2) is 160 Å². The van der Waals surface area contributed by atoms with Gasteiger partial charge in [0, 0.05) is 31.9 Å². The summed E-state index contributed by atoms with van der Waals surface area (Å²) in [6.45, 7) is 0.715. The van der Waals surface area contributed by atoms with Gasteiger partial charge in [-0.2, -0.15) is 0 Å². The molecule has 0 spiro atoms. The number of nitrogens with zero attached hydrogens (tertiary/aromatic N) is 2. The molecular formula is C30H45N3O14S. The number of hydrogen-bond acceptors (Lipinski definition) is 16. The molecule has 4 rings (SSSR count). The van der Waals surface area contributed by atoms with Crippen LogP contribution in [0.3, 0.4) is 0 Å². The van der Waals surface area contributed by atoms with Crippen LogP contribution in [0.4, 0.5) is 0 Å². The summed E-state index contributed by atoms with van der Waals surface area (Å²) in [6, 6.07) is 9.47. The highest BCUT2D eigenvalue weighted by molar-refractivity contribution is 7.84. The fraction of sp³-hybridized carbons (Fsp3) is 0.600. The van der Waals surface area contributed by atoms with E-state index in [-0.39, 0.29) is 0 Å². The van der Waals surface area contributed by atoms with Crippen molar-refractivity contribution in [1.82, 2.24) is 15.0 Å². The Balaban J connectivity index is 0.000000262. The number of fused-ring (bicyclic) bond motifs is 1. The Morgan fingerprint density at radius 1 is 0.979 bits per heavy atom. The fourth-order valence-corrected chi connectivity index (χ4v) is 5.74. The second-order valence-corrected chi connectivity index (χ2v) is 12.3. The zero-order chi connectivity index (χ0) is 35.4. The first kappa shape index (κ1) is 39.7. The minimum absolute atomic E-state index is 0.293. The maximum absolute atomic E-state index is 12.7. The lowest BCUT2D eigenvalue weighted by molar-refractivity contribution is -0.327. The summed E-state index contributed by atoms with van der Waals surface area (Å²) in [5.41, 5.74) is 3.35. The van der Waals surface area contributed by atoms with Crippen LogP contribution in [0.5, 0.6) is 5.75 Å². The summed E-state index contributed by atoms with van der Waals surface area (Å²) in [5, 5.41) is 85.4. The number of hydrogen-bond donors (Lipinski definition) is 10. The highest BCUT2D eigenvalue weighted by atomic mass is 32.2. The van der Waals surface area contributed by atoms with Gasteiger partial charge in [0.15, 0.2) is 11.4 Å². The molecule has 270 valence electrons. The second-order valence-electron chi connectivity index (χ2n) is 10.9. The van der Waals surface area contributed by atoms with E-state index in [9.17, 15) is 34.8 Å². The molecule has 0 bridgehead atoms. The monoisotopic (exact) mass is 703 g/mol. The van der Waals surface area contributed by atoms with Crippen molar-refractivity contribution in [1.29, 1.82) is 0 Å². The number of pyridine rings is 1. The molecule has 0 radical (unpaired) electrons. The SMILES string of the molecule is COCCCOc1ccnc(CS(=O)c2nc3ccccc3[nH]2)c1C.OC[C@@H](O)[C@@H](O[C@@H]1O[C@H](CO)[C@H](O)[C@H](O)[C@H]1O)[C@H](O)[C@@H](O)CO. The number of methoxy groups -OCH3 is 1. The van der Waals surface area contributed by atoms with Gasteiger partial charge in [0.05, 0.1) is 59.7 Å². The summed E-state index contributed by atoms with van der Waals surface area (Å²) in [4.78, 5) is 11.9. The zero-order valence-corrected chi connectivity index (χ0v) is 27.3. The number of para-hydroxylation sites is 2. The van der Waals surface area contributed by atoms with Gasteiger partial charge in [0.1, 0.15) is 54.6 Å². The van der Waals surface area contributed by atoms with Crippen molar-refractivity contribution >= 4 is 21.8 Å². The van der Waals surface area contributed by atoms with E-state index < -0.39 is 85.7 Å². The van der Waals surface area contributed by atoms with Crippen molar-refractivity contribution in [2.24, 2.45) is 0 Å². The number of benzene rings is 1. The number of imidazole rings is 1. The van der Waals surface area contributed by atoms with Crippen LogP contribution in [0, 0.1) is 6.92 Å². The quantitative estimate of drug-likeness (QED) is 0.0676. The normalized spacial score (nSPS) is 24.3. The minimum Gasteiger partial charge on any atom is -0.493 e. The van der Waals surface area contributed by atoms with E-state index in [0.717, 1.165) is 34.5 Å². The molecule has 48 heavy (non-hydrogen) atoms. The van der Waals surface area contributed by atoms with E-state index >= 15 is 0 Å². The Bertz CT molecular complexity index is 1380. The Morgan fingerprint density at radius 3 is 2.33 bits per heavy atom. The number of aromatic nitrogens is 3. The number of ether oxygens (including phenoxy) is 4. The molecule has 0 amide bonds. The van der Waals surface area contributed by atoms with Crippen LogP contribution in [0.2, 0.25) is 0 Å². The average molecular weight is 704 g/mol. The van der Waals surface area contributed by atoms with Crippen molar-refractivity contribution in [3.05, 3.63) is 47.8 Å². The van der Waals surface area contributed by atoms with Crippen LogP contribution < -0.4 is 4.74 Å². The van der Waals surface area contributed by atoms with Crippen LogP contribution in [0.15, 0.2) is 41.7 Å². The van der Waals surface area contributed by atoms with Gasteiger partial charge in [-0.1, -0.05) is 12.1 Å². The first-order chi connectivity index (χ1) is 23.0. The molecule has 10 N–H and O–H groups in total. The summed E-state index contributed by atoms with van der Waals surface area (Å²) >= 11 is 0. The lowest BCUT2D eigenvalue weighted by Gasteiger charge is -2.42. The summed E-state index contributed by atoms with van der Waals surface area (Å²) in [5.74, 6) is 1.06. The molecule has 17 nitrogen and oxygen atoms in total. The molecule has 0 saturated carbocycles.